The predicted octanol–water partition coefficient (Wildman–Crippen LogP) is 4.22. The van der Waals surface area contributed by atoms with Crippen molar-refractivity contribution in [3.8, 4) is 5.69 Å². The number of benzene rings is 1. The highest BCUT2D eigenvalue weighted by Gasteiger charge is 2.28. The molecule has 1 aliphatic rings. The largest absolute Gasteiger partial charge is 0.390 e. The lowest BCUT2D eigenvalue weighted by atomic mass is 9.78. The van der Waals surface area contributed by atoms with Crippen LogP contribution in [0.3, 0.4) is 0 Å². The van der Waals surface area contributed by atoms with Crippen molar-refractivity contribution in [1.82, 2.24) is 15.0 Å². The Hall–Kier alpha value is -1.68. The second-order valence-corrected chi connectivity index (χ2v) is 6.69. The molecular weight excluding hydrogens is 286 g/mol. The van der Waals surface area contributed by atoms with Crippen LogP contribution >= 0.6 is 0 Å². The number of hydrogen-bond acceptors (Lipinski definition) is 3. The van der Waals surface area contributed by atoms with Crippen molar-refractivity contribution < 1.29 is 5.11 Å². The molecule has 1 aromatic carbocycles. The minimum absolute atomic E-state index is 0.0298. The van der Waals surface area contributed by atoms with Gasteiger partial charge in [-0.1, -0.05) is 49.6 Å². The van der Waals surface area contributed by atoms with Gasteiger partial charge >= 0.3 is 0 Å². The quantitative estimate of drug-likeness (QED) is 0.868. The average molecular weight is 313 g/mol. The summed E-state index contributed by atoms with van der Waals surface area (Å²) in [5.74, 6) is 1.34. The number of unbranched alkanes of at least 4 members (excludes halogenated alkanes) is 1. The molecular formula is C19H27N3O. The van der Waals surface area contributed by atoms with Crippen molar-refractivity contribution in [1.29, 1.82) is 0 Å². The third-order valence-electron chi connectivity index (χ3n) is 5.13. The first-order chi connectivity index (χ1) is 11.3. The minimum Gasteiger partial charge on any atom is -0.390 e. The Morgan fingerprint density at radius 1 is 1.13 bits per heavy atom. The van der Waals surface area contributed by atoms with Gasteiger partial charge in [-0.2, -0.15) is 0 Å². The molecule has 0 unspecified atom stereocenters. The number of hydrogen-bond donors (Lipinski definition) is 1. The van der Waals surface area contributed by atoms with Crippen LogP contribution in [0.4, 0.5) is 0 Å². The molecule has 1 aliphatic carbocycles. The van der Waals surface area contributed by atoms with Gasteiger partial charge < -0.3 is 5.11 Å². The SMILES string of the molecule is CCCCC1CCC(c2c(CO)nnn2-c2ccccc2)CC1. The summed E-state index contributed by atoms with van der Waals surface area (Å²) in [6.07, 6.45) is 8.94. The van der Waals surface area contributed by atoms with E-state index in [4.69, 9.17) is 0 Å². The first-order valence-corrected chi connectivity index (χ1v) is 8.94. The topological polar surface area (TPSA) is 50.9 Å². The second kappa shape index (κ2) is 7.73. The highest BCUT2D eigenvalue weighted by atomic mass is 16.3. The van der Waals surface area contributed by atoms with Gasteiger partial charge in [0.25, 0.3) is 0 Å². The van der Waals surface area contributed by atoms with Crippen molar-refractivity contribution in [2.45, 2.75) is 64.4 Å². The molecule has 0 spiro atoms. The average Bonchev–Trinajstić information content (AvgIpc) is 3.05. The standard InChI is InChI=1S/C19H27N3O/c1-2-3-7-15-10-12-16(13-11-15)19-18(14-23)20-21-22(19)17-8-5-4-6-9-17/h4-6,8-9,15-16,23H,2-3,7,10-14H2,1H3. The van der Waals surface area contributed by atoms with Crippen LogP contribution < -0.4 is 0 Å². The fourth-order valence-electron chi connectivity index (χ4n) is 3.82. The summed E-state index contributed by atoms with van der Waals surface area (Å²) in [5, 5.41) is 18.2. The van der Waals surface area contributed by atoms with Crippen LogP contribution in [0.2, 0.25) is 0 Å². The first-order valence-electron chi connectivity index (χ1n) is 8.94. The van der Waals surface area contributed by atoms with Crippen LogP contribution in [-0.2, 0) is 6.61 Å². The molecule has 1 N–H and O–H groups in total. The van der Waals surface area contributed by atoms with Crippen molar-refractivity contribution in [3.05, 3.63) is 41.7 Å². The molecule has 3 rings (SSSR count). The van der Waals surface area contributed by atoms with Gasteiger partial charge in [0, 0.05) is 5.92 Å². The third kappa shape index (κ3) is 3.63. The molecule has 1 aromatic heterocycles. The van der Waals surface area contributed by atoms with Crippen molar-refractivity contribution in [2.75, 3.05) is 0 Å². The van der Waals surface area contributed by atoms with Crippen LogP contribution in [0.5, 0.6) is 0 Å². The van der Waals surface area contributed by atoms with Crippen molar-refractivity contribution in [3.63, 3.8) is 0 Å². The van der Waals surface area contributed by atoms with E-state index in [2.05, 4.69) is 17.2 Å². The highest BCUT2D eigenvalue weighted by Crippen LogP contribution is 2.39. The Bertz CT molecular complexity index is 600. The van der Waals surface area contributed by atoms with E-state index < -0.39 is 0 Å². The van der Waals surface area contributed by atoms with E-state index in [1.54, 1.807) is 0 Å². The molecule has 0 radical (unpaired) electrons. The molecule has 0 saturated heterocycles. The second-order valence-electron chi connectivity index (χ2n) is 6.69. The highest BCUT2D eigenvalue weighted by molar-refractivity contribution is 5.34. The van der Waals surface area contributed by atoms with Gasteiger partial charge in [0.15, 0.2) is 0 Å². The van der Waals surface area contributed by atoms with E-state index in [1.165, 1.54) is 44.9 Å². The van der Waals surface area contributed by atoms with Gasteiger partial charge in [-0.05, 0) is 43.7 Å². The molecule has 0 amide bonds. The Labute approximate surface area is 138 Å². The maximum absolute atomic E-state index is 9.66. The number of para-hydroxylation sites is 1. The Balaban J connectivity index is 1.79. The van der Waals surface area contributed by atoms with E-state index >= 15 is 0 Å². The van der Waals surface area contributed by atoms with Crippen LogP contribution in [0.15, 0.2) is 30.3 Å². The van der Waals surface area contributed by atoms with Crippen LogP contribution in [0.1, 0.15) is 69.2 Å². The monoisotopic (exact) mass is 313 g/mol. The molecule has 23 heavy (non-hydrogen) atoms. The van der Waals surface area contributed by atoms with Gasteiger partial charge in [0.1, 0.15) is 5.69 Å². The van der Waals surface area contributed by atoms with Crippen LogP contribution in [0.25, 0.3) is 5.69 Å². The van der Waals surface area contributed by atoms with E-state index in [9.17, 15) is 5.11 Å². The van der Waals surface area contributed by atoms with Gasteiger partial charge in [0.2, 0.25) is 0 Å². The zero-order chi connectivity index (χ0) is 16.1. The maximum Gasteiger partial charge on any atom is 0.112 e. The van der Waals surface area contributed by atoms with E-state index in [0.29, 0.717) is 5.92 Å². The minimum atomic E-state index is -0.0298. The fraction of sp³-hybridized carbons (Fsp3) is 0.579. The molecule has 1 saturated carbocycles. The lowest BCUT2D eigenvalue weighted by Gasteiger charge is -2.29. The molecule has 0 aliphatic heterocycles. The van der Waals surface area contributed by atoms with Crippen LogP contribution in [-0.4, -0.2) is 20.1 Å². The molecule has 1 fully saturated rings. The lowest BCUT2D eigenvalue weighted by Crippen LogP contribution is -2.17. The third-order valence-corrected chi connectivity index (χ3v) is 5.13. The van der Waals surface area contributed by atoms with Gasteiger partial charge in [-0.15, -0.1) is 5.10 Å². The summed E-state index contributed by atoms with van der Waals surface area (Å²) in [5.41, 5.74) is 2.89. The summed E-state index contributed by atoms with van der Waals surface area (Å²) in [6.45, 7) is 2.24. The van der Waals surface area contributed by atoms with Gasteiger partial charge in [-0.3, -0.25) is 0 Å². The molecule has 4 nitrogen and oxygen atoms in total. The Kier molecular flexibility index (Phi) is 5.44. The van der Waals surface area contributed by atoms with E-state index in [-0.39, 0.29) is 6.61 Å². The molecule has 0 atom stereocenters. The Morgan fingerprint density at radius 2 is 1.87 bits per heavy atom. The van der Waals surface area contributed by atoms with E-state index in [1.807, 2.05) is 35.0 Å². The first kappa shape index (κ1) is 16.2. The fourth-order valence-corrected chi connectivity index (χ4v) is 3.82. The number of aliphatic hydroxyl groups excluding tert-OH is 1. The Morgan fingerprint density at radius 3 is 2.52 bits per heavy atom. The molecule has 124 valence electrons. The molecule has 0 bridgehead atoms. The zero-order valence-corrected chi connectivity index (χ0v) is 14.0. The van der Waals surface area contributed by atoms with Gasteiger partial charge in [0.05, 0.1) is 18.0 Å². The molecule has 1 heterocycles. The van der Waals surface area contributed by atoms with E-state index in [0.717, 1.165) is 23.0 Å². The number of aliphatic hydroxyl groups is 1. The van der Waals surface area contributed by atoms with Crippen molar-refractivity contribution >= 4 is 0 Å². The molecule has 4 heteroatoms. The summed E-state index contributed by atoms with van der Waals surface area (Å²) in [6, 6.07) is 10.1. The normalized spacial score (nSPS) is 21.5. The predicted molar refractivity (Wildman–Crippen MR) is 91.5 cm³/mol. The summed E-state index contributed by atoms with van der Waals surface area (Å²) >= 11 is 0. The van der Waals surface area contributed by atoms with Crippen molar-refractivity contribution in [2.24, 2.45) is 5.92 Å². The maximum atomic E-state index is 9.66. The number of aromatic nitrogens is 3. The zero-order valence-electron chi connectivity index (χ0n) is 14.0. The number of rotatable bonds is 6. The lowest BCUT2D eigenvalue weighted by molar-refractivity contribution is 0.267. The summed E-state index contributed by atoms with van der Waals surface area (Å²) in [7, 11) is 0. The van der Waals surface area contributed by atoms with Crippen LogP contribution in [0, 0.1) is 5.92 Å². The number of nitrogens with zero attached hydrogens (tertiary/aromatic N) is 3. The summed E-state index contributed by atoms with van der Waals surface area (Å²) in [4.78, 5) is 0. The molecule has 2 aromatic rings. The van der Waals surface area contributed by atoms with Gasteiger partial charge in [-0.25, -0.2) is 4.68 Å². The smallest absolute Gasteiger partial charge is 0.112 e. The summed E-state index contributed by atoms with van der Waals surface area (Å²) < 4.78 is 1.93.